The molecule has 1 unspecified atom stereocenters. The summed E-state index contributed by atoms with van der Waals surface area (Å²) < 4.78 is 0. The SMILES string of the molecule is O=C(O)C(NC1CC(c2ccccc2)C1)c1ccccc1. The fraction of sp³-hybridized carbons (Fsp3) is 0.278. The minimum atomic E-state index is -0.815. The highest BCUT2D eigenvalue weighted by Gasteiger charge is 2.33. The molecule has 1 aliphatic rings. The van der Waals surface area contributed by atoms with Crippen LogP contribution in [0, 0.1) is 0 Å². The van der Waals surface area contributed by atoms with E-state index in [9.17, 15) is 9.90 Å². The minimum Gasteiger partial charge on any atom is -0.480 e. The normalized spacial score (nSPS) is 22.3. The van der Waals surface area contributed by atoms with Gasteiger partial charge in [-0.25, -0.2) is 0 Å². The third-order valence-corrected chi connectivity index (χ3v) is 4.19. The van der Waals surface area contributed by atoms with Crippen molar-refractivity contribution >= 4 is 5.97 Å². The maximum Gasteiger partial charge on any atom is 0.325 e. The second-order valence-electron chi connectivity index (χ2n) is 5.62. The first kappa shape index (κ1) is 13.8. The molecule has 0 aliphatic heterocycles. The lowest BCUT2D eigenvalue weighted by Gasteiger charge is -2.38. The van der Waals surface area contributed by atoms with Gasteiger partial charge in [0.25, 0.3) is 0 Å². The van der Waals surface area contributed by atoms with E-state index in [1.54, 1.807) is 0 Å². The van der Waals surface area contributed by atoms with E-state index in [1.165, 1.54) is 5.56 Å². The summed E-state index contributed by atoms with van der Waals surface area (Å²) >= 11 is 0. The van der Waals surface area contributed by atoms with Crippen molar-refractivity contribution in [2.75, 3.05) is 0 Å². The van der Waals surface area contributed by atoms with Gasteiger partial charge < -0.3 is 5.11 Å². The van der Waals surface area contributed by atoms with Gasteiger partial charge in [-0.15, -0.1) is 0 Å². The molecule has 1 fully saturated rings. The molecular formula is C18H19NO2. The molecule has 1 aliphatic carbocycles. The van der Waals surface area contributed by atoms with Crippen molar-refractivity contribution < 1.29 is 9.90 Å². The number of benzene rings is 2. The van der Waals surface area contributed by atoms with E-state index in [1.807, 2.05) is 36.4 Å². The Balaban J connectivity index is 1.61. The second kappa shape index (κ2) is 6.10. The molecule has 108 valence electrons. The zero-order valence-electron chi connectivity index (χ0n) is 11.8. The largest absolute Gasteiger partial charge is 0.480 e. The summed E-state index contributed by atoms with van der Waals surface area (Å²) in [4.78, 5) is 11.5. The zero-order valence-corrected chi connectivity index (χ0v) is 11.8. The Labute approximate surface area is 124 Å². The van der Waals surface area contributed by atoms with Gasteiger partial charge in [-0.1, -0.05) is 60.7 Å². The molecule has 3 heteroatoms. The van der Waals surface area contributed by atoms with Crippen LogP contribution in [0.15, 0.2) is 60.7 Å². The quantitative estimate of drug-likeness (QED) is 0.883. The molecule has 0 heterocycles. The highest BCUT2D eigenvalue weighted by molar-refractivity contribution is 5.75. The maximum absolute atomic E-state index is 11.5. The lowest BCUT2D eigenvalue weighted by atomic mass is 9.75. The molecule has 0 bridgehead atoms. The van der Waals surface area contributed by atoms with E-state index in [0.717, 1.165) is 18.4 Å². The van der Waals surface area contributed by atoms with E-state index in [0.29, 0.717) is 5.92 Å². The lowest BCUT2D eigenvalue weighted by Crippen LogP contribution is -2.44. The van der Waals surface area contributed by atoms with Crippen molar-refractivity contribution in [2.24, 2.45) is 0 Å². The topological polar surface area (TPSA) is 49.3 Å². The molecule has 0 saturated heterocycles. The van der Waals surface area contributed by atoms with E-state index in [-0.39, 0.29) is 6.04 Å². The summed E-state index contributed by atoms with van der Waals surface area (Å²) in [5, 5.41) is 12.7. The van der Waals surface area contributed by atoms with Crippen LogP contribution in [-0.2, 0) is 4.79 Å². The van der Waals surface area contributed by atoms with E-state index >= 15 is 0 Å². The first-order valence-electron chi connectivity index (χ1n) is 7.33. The Morgan fingerprint density at radius 1 is 1.00 bits per heavy atom. The van der Waals surface area contributed by atoms with Crippen LogP contribution < -0.4 is 5.32 Å². The number of carbonyl (C=O) groups is 1. The van der Waals surface area contributed by atoms with Gasteiger partial charge in [0.2, 0.25) is 0 Å². The number of nitrogens with one attached hydrogen (secondary N) is 1. The van der Waals surface area contributed by atoms with Gasteiger partial charge in [0.15, 0.2) is 0 Å². The molecular weight excluding hydrogens is 262 g/mol. The van der Waals surface area contributed by atoms with Gasteiger partial charge in [0, 0.05) is 6.04 Å². The van der Waals surface area contributed by atoms with Gasteiger partial charge in [-0.05, 0) is 29.9 Å². The predicted molar refractivity (Wildman–Crippen MR) is 82.2 cm³/mol. The standard InChI is InChI=1S/C18H19NO2/c20-18(21)17(14-9-5-2-6-10-14)19-16-11-15(12-16)13-7-3-1-4-8-13/h1-10,15-17,19H,11-12H2,(H,20,21). The van der Waals surface area contributed by atoms with Crippen LogP contribution in [0.25, 0.3) is 0 Å². The Morgan fingerprint density at radius 3 is 2.14 bits per heavy atom. The summed E-state index contributed by atoms with van der Waals surface area (Å²) in [6.45, 7) is 0. The van der Waals surface area contributed by atoms with Crippen molar-refractivity contribution in [1.29, 1.82) is 0 Å². The molecule has 3 nitrogen and oxygen atoms in total. The van der Waals surface area contributed by atoms with Crippen molar-refractivity contribution in [3.63, 3.8) is 0 Å². The molecule has 1 saturated carbocycles. The zero-order chi connectivity index (χ0) is 14.7. The number of aliphatic carboxylic acids is 1. The molecule has 3 rings (SSSR count). The smallest absolute Gasteiger partial charge is 0.325 e. The van der Waals surface area contributed by atoms with Crippen LogP contribution in [0.5, 0.6) is 0 Å². The summed E-state index contributed by atoms with van der Waals surface area (Å²) in [6, 6.07) is 19.5. The van der Waals surface area contributed by atoms with Crippen molar-refractivity contribution in [3.8, 4) is 0 Å². The summed E-state index contributed by atoms with van der Waals surface area (Å²) in [5.74, 6) is -0.265. The van der Waals surface area contributed by atoms with Crippen LogP contribution >= 0.6 is 0 Å². The van der Waals surface area contributed by atoms with Gasteiger partial charge in [-0.2, -0.15) is 0 Å². The van der Waals surface area contributed by atoms with Crippen LogP contribution in [0.1, 0.15) is 35.9 Å². The van der Waals surface area contributed by atoms with Gasteiger partial charge in [-0.3, -0.25) is 10.1 Å². The maximum atomic E-state index is 11.5. The van der Waals surface area contributed by atoms with Crippen molar-refractivity contribution in [3.05, 3.63) is 71.8 Å². The third kappa shape index (κ3) is 3.14. The molecule has 2 aromatic rings. The summed E-state index contributed by atoms with van der Waals surface area (Å²) in [5.41, 5.74) is 2.16. The first-order valence-corrected chi connectivity index (χ1v) is 7.33. The van der Waals surface area contributed by atoms with E-state index < -0.39 is 12.0 Å². The summed E-state index contributed by atoms with van der Waals surface area (Å²) in [7, 11) is 0. The fourth-order valence-electron chi connectivity index (χ4n) is 2.94. The average molecular weight is 281 g/mol. The first-order chi connectivity index (χ1) is 10.2. The fourth-order valence-corrected chi connectivity index (χ4v) is 2.94. The van der Waals surface area contributed by atoms with Crippen LogP contribution in [0.3, 0.4) is 0 Å². The molecule has 21 heavy (non-hydrogen) atoms. The second-order valence-corrected chi connectivity index (χ2v) is 5.62. The molecule has 0 aromatic heterocycles. The predicted octanol–water partition coefficient (Wildman–Crippen LogP) is 3.35. The van der Waals surface area contributed by atoms with Crippen LogP contribution in [-0.4, -0.2) is 17.1 Å². The van der Waals surface area contributed by atoms with Crippen molar-refractivity contribution in [1.82, 2.24) is 5.32 Å². The lowest BCUT2D eigenvalue weighted by molar-refractivity contribution is -0.140. The highest BCUT2D eigenvalue weighted by atomic mass is 16.4. The number of rotatable bonds is 5. The van der Waals surface area contributed by atoms with Crippen molar-refractivity contribution in [2.45, 2.75) is 30.8 Å². The van der Waals surface area contributed by atoms with Gasteiger partial charge in [0.1, 0.15) is 6.04 Å². The Morgan fingerprint density at radius 2 is 1.57 bits per heavy atom. The number of hydrogen-bond donors (Lipinski definition) is 2. The molecule has 0 radical (unpaired) electrons. The summed E-state index contributed by atoms with van der Waals surface area (Å²) in [6.07, 6.45) is 2.00. The number of carboxylic acid groups (broad SMARTS) is 1. The molecule has 2 aromatic carbocycles. The molecule has 0 amide bonds. The van der Waals surface area contributed by atoms with E-state index in [4.69, 9.17) is 0 Å². The average Bonchev–Trinajstić information content (AvgIpc) is 2.47. The Bertz CT molecular complexity index is 591. The number of hydrogen-bond acceptors (Lipinski definition) is 2. The third-order valence-electron chi connectivity index (χ3n) is 4.19. The molecule has 0 spiro atoms. The van der Waals surface area contributed by atoms with E-state index in [2.05, 4.69) is 29.6 Å². The van der Waals surface area contributed by atoms with Crippen LogP contribution in [0.2, 0.25) is 0 Å². The molecule has 2 N–H and O–H groups in total. The molecule has 1 atom stereocenters. The van der Waals surface area contributed by atoms with Gasteiger partial charge in [0.05, 0.1) is 0 Å². The minimum absolute atomic E-state index is 0.275. The highest BCUT2D eigenvalue weighted by Crippen LogP contribution is 2.37. The van der Waals surface area contributed by atoms with Crippen LogP contribution in [0.4, 0.5) is 0 Å². The van der Waals surface area contributed by atoms with Gasteiger partial charge >= 0.3 is 5.97 Å². The Kier molecular flexibility index (Phi) is 4.02. The monoisotopic (exact) mass is 281 g/mol. The Hall–Kier alpha value is -2.13. The number of carboxylic acids is 1.